The summed E-state index contributed by atoms with van der Waals surface area (Å²) in [7, 11) is -4.03. The van der Waals surface area contributed by atoms with Crippen molar-refractivity contribution < 1.29 is 32.4 Å². The van der Waals surface area contributed by atoms with Gasteiger partial charge in [0, 0.05) is 6.54 Å². The zero-order valence-corrected chi connectivity index (χ0v) is 22.1. The number of nitrogens with two attached hydrogens (primary N) is 1. The number of benzene rings is 3. The summed E-state index contributed by atoms with van der Waals surface area (Å²) >= 11 is 0. The third-order valence-electron chi connectivity index (χ3n) is 5.60. The highest BCUT2D eigenvalue weighted by molar-refractivity contribution is 7.85. The Morgan fingerprint density at radius 1 is 0.895 bits per heavy atom. The topological polar surface area (TPSA) is 147 Å². The monoisotopic (exact) mass is 542 g/mol. The van der Waals surface area contributed by atoms with Gasteiger partial charge in [-0.2, -0.15) is 8.42 Å². The van der Waals surface area contributed by atoms with E-state index in [1.165, 1.54) is 11.0 Å². The minimum absolute atomic E-state index is 0.0278. The van der Waals surface area contributed by atoms with Crippen LogP contribution in [0.5, 0.6) is 0 Å². The van der Waals surface area contributed by atoms with Crippen LogP contribution in [0, 0.1) is 6.92 Å². The molecule has 0 unspecified atom stereocenters. The maximum Gasteiger partial charge on any atom is 0.411 e. The molecular formula is C28H34N2O7S. The minimum atomic E-state index is -4.03. The maximum atomic E-state index is 12.7. The molecule has 4 N–H and O–H groups in total. The number of ether oxygens (including phenoxy) is 1. The number of nitrogens with zero attached hydrogens (tertiary/aromatic N) is 1. The smallest absolute Gasteiger partial charge is 0.411 e. The molecule has 1 amide bonds. The van der Waals surface area contributed by atoms with Crippen LogP contribution < -0.4 is 5.73 Å². The number of unbranched alkanes of at least 4 members (excludes halogenated alkanes) is 1. The Hall–Kier alpha value is -3.73. The van der Waals surface area contributed by atoms with E-state index in [2.05, 4.69) is 0 Å². The van der Waals surface area contributed by atoms with Crippen molar-refractivity contribution in [3.8, 4) is 0 Å². The molecule has 0 fully saturated rings. The summed E-state index contributed by atoms with van der Waals surface area (Å²) in [6, 6.07) is 23.9. The highest BCUT2D eigenvalue weighted by Crippen LogP contribution is 2.17. The number of carbonyl (C=O) groups is 2. The molecule has 0 aliphatic heterocycles. The quantitative estimate of drug-likeness (QED) is 0.234. The molecule has 9 nitrogen and oxygen atoms in total. The number of amides is 1. The molecule has 0 heterocycles. The average molecular weight is 543 g/mol. The van der Waals surface area contributed by atoms with Crippen molar-refractivity contribution in [3.63, 3.8) is 0 Å². The van der Waals surface area contributed by atoms with E-state index in [0.29, 0.717) is 31.4 Å². The van der Waals surface area contributed by atoms with Crippen LogP contribution in [0.25, 0.3) is 0 Å². The average Bonchev–Trinajstić information content (AvgIpc) is 2.90. The molecule has 3 aromatic carbocycles. The highest BCUT2D eigenvalue weighted by Gasteiger charge is 2.30. The van der Waals surface area contributed by atoms with Gasteiger partial charge in [-0.25, -0.2) is 9.59 Å². The molecule has 0 radical (unpaired) electrons. The molecular weight excluding hydrogens is 508 g/mol. The molecule has 3 rings (SSSR count). The SMILES string of the molecule is Cc1ccccc1S(=O)(=O)O.NCCCC[C@H](C(=O)O)N(Cc1ccccc1)C(=O)OCc1ccccc1. The number of carboxylic acids is 1. The second-order valence-electron chi connectivity index (χ2n) is 8.53. The van der Waals surface area contributed by atoms with Gasteiger partial charge >= 0.3 is 12.1 Å². The number of aliphatic carboxylic acids is 1. The van der Waals surface area contributed by atoms with E-state index >= 15 is 0 Å². The Morgan fingerprint density at radius 3 is 1.95 bits per heavy atom. The van der Waals surface area contributed by atoms with Gasteiger partial charge in [-0.15, -0.1) is 0 Å². The third-order valence-corrected chi connectivity index (χ3v) is 6.61. The third kappa shape index (κ3) is 10.3. The fourth-order valence-corrected chi connectivity index (χ4v) is 4.35. The molecule has 0 spiro atoms. The molecule has 0 aromatic heterocycles. The molecule has 3 aromatic rings. The maximum absolute atomic E-state index is 12.7. The molecule has 10 heteroatoms. The van der Waals surface area contributed by atoms with E-state index in [1.54, 1.807) is 25.1 Å². The predicted molar refractivity (Wildman–Crippen MR) is 144 cm³/mol. The van der Waals surface area contributed by atoms with Crippen LogP contribution in [0.3, 0.4) is 0 Å². The van der Waals surface area contributed by atoms with E-state index in [1.807, 2.05) is 60.7 Å². The second-order valence-corrected chi connectivity index (χ2v) is 9.92. The fourth-order valence-electron chi connectivity index (χ4n) is 3.62. The number of hydrogen-bond donors (Lipinski definition) is 3. The molecule has 0 bridgehead atoms. The van der Waals surface area contributed by atoms with Crippen LogP contribution in [0.4, 0.5) is 4.79 Å². The Morgan fingerprint density at radius 2 is 1.45 bits per heavy atom. The molecule has 38 heavy (non-hydrogen) atoms. The Balaban J connectivity index is 0.000000384. The van der Waals surface area contributed by atoms with E-state index in [0.717, 1.165) is 11.1 Å². The van der Waals surface area contributed by atoms with E-state index in [4.69, 9.17) is 15.0 Å². The second kappa shape index (κ2) is 15.5. The van der Waals surface area contributed by atoms with Crippen molar-refractivity contribution in [2.75, 3.05) is 6.54 Å². The molecule has 0 saturated carbocycles. The van der Waals surface area contributed by atoms with E-state index < -0.39 is 28.2 Å². The first kappa shape index (κ1) is 30.5. The van der Waals surface area contributed by atoms with Gasteiger partial charge in [-0.05, 0) is 55.5 Å². The first-order valence-corrected chi connectivity index (χ1v) is 13.5. The summed E-state index contributed by atoms with van der Waals surface area (Å²) in [5.74, 6) is -1.04. The van der Waals surface area contributed by atoms with Crippen LogP contribution in [0.15, 0.2) is 89.8 Å². The lowest BCUT2D eigenvalue weighted by Gasteiger charge is -2.28. The Labute approximate surface area is 223 Å². The van der Waals surface area contributed by atoms with Gasteiger partial charge in [0.05, 0.1) is 4.90 Å². The van der Waals surface area contributed by atoms with Gasteiger partial charge in [-0.1, -0.05) is 78.9 Å². The van der Waals surface area contributed by atoms with Crippen LogP contribution in [-0.4, -0.2) is 47.6 Å². The van der Waals surface area contributed by atoms with Gasteiger partial charge in [0.1, 0.15) is 12.6 Å². The highest BCUT2D eigenvalue weighted by atomic mass is 32.2. The van der Waals surface area contributed by atoms with Gasteiger partial charge in [0.25, 0.3) is 10.1 Å². The first-order chi connectivity index (χ1) is 18.1. The summed E-state index contributed by atoms with van der Waals surface area (Å²) in [5, 5.41) is 9.67. The number of carbonyl (C=O) groups excluding carboxylic acids is 1. The van der Waals surface area contributed by atoms with Crippen molar-refractivity contribution in [1.29, 1.82) is 0 Å². The normalized spacial score (nSPS) is 11.6. The first-order valence-electron chi connectivity index (χ1n) is 12.1. The van der Waals surface area contributed by atoms with Gasteiger partial charge in [-0.3, -0.25) is 9.45 Å². The summed E-state index contributed by atoms with van der Waals surface area (Å²) in [4.78, 5) is 25.8. The van der Waals surface area contributed by atoms with Gasteiger partial charge < -0.3 is 15.6 Å². The van der Waals surface area contributed by atoms with Crippen LogP contribution in [-0.2, 0) is 32.8 Å². The Kier molecular flexibility index (Phi) is 12.4. The van der Waals surface area contributed by atoms with Crippen molar-refractivity contribution >= 4 is 22.2 Å². The largest absolute Gasteiger partial charge is 0.480 e. The lowest BCUT2D eigenvalue weighted by atomic mass is 10.1. The van der Waals surface area contributed by atoms with Crippen LogP contribution in [0.1, 0.15) is 36.0 Å². The molecule has 0 aliphatic rings. The fraction of sp³-hybridized carbons (Fsp3) is 0.286. The summed E-state index contributed by atoms with van der Waals surface area (Å²) < 4.78 is 35.3. The zero-order valence-electron chi connectivity index (χ0n) is 21.3. The van der Waals surface area contributed by atoms with Crippen LogP contribution in [0.2, 0.25) is 0 Å². The Bertz CT molecular complexity index is 1250. The number of hydrogen-bond acceptors (Lipinski definition) is 6. The van der Waals surface area contributed by atoms with Crippen molar-refractivity contribution in [2.45, 2.75) is 50.3 Å². The van der Waals surface area contributed by atoms with Crippen molar-refractivity contribution in [2.24, 2.45) is 5.73 Å². The number of rotatable bonds is 11. The minimum Gasteiger partial charge on any atom is -0.480 e. The number of carboxylic acid groups (broad SMARTS) is 1. The van der Waals surface area contributed by atoms with Crippen molar-refractivity contribution in [1.82, 2.24) is 4.90 Å². The summed E-state index contributed by atoms with van der Waals surface area (Å²) in [5.41, 5.74) is 7.75. The molecule has 204 valence electrons. The van der Waals surface area contributed by atoms with E-state index in [9.17, 15) is 23.1 Å². The zero-order chi connectivity index (χ0) is 28.0. The predicted octanol–water partition coefficient (Wildman–Crippen LogP) is 4.65. The van der Waals surface area contributed by atoms with Gasteiger partial charge in [0.2, 0.25) is 0 Å². The lowest BCUT2D eigenvalue weighted by Crippen LogP contribution is -2.45. The standard InChI is InChI=1S/C21H26N2O4.C7H8O3S/c22-14-8-7-13-19(20(24)25)23(15-17-9-3-1-4-10-17)21(26)27-16-18-11-5-2-6-12-18;1-6-4-2-3-5-7(6)11(8,9)10/h1-6,9-12,19H,7-8,13-16,22H2,(H,24,25);2-5H,1H3,(H,8,9,10)/t19-;/m1./s1. The molecule has 0 saturated heterocycles. The number of aryl methyl sites for hydroxylation is 1. The molecule has 1 atom stereocenters. The van der Waals surface area contributed by atoms with Gasteiger partial charge in [0.15, 0.2) is 0 Å². The summed E-state index contributed by atoms with van der Waals surface area (Å²) in [6.07, 6.45) is 1.04. The van der Waals surface area contributed by atoms with Crippen LogP contribution >= 0.6 is 0 Å². The van der Waals surface area contributed by atoms with E-state index in [-0.39, 0.29) is 18.0 Å². The lowest BCUT2D eigenvalue weighted by molar-refractivity contribution is -0.143. The van der Waals surface area contributed by atoms with Crippen molar-refractivity contribution in [3.05, 3.63) is 102 Å². The summed E-state index contributed by atoms with van der Waals surface area (Å²) in [6.45, 7) is 2.39. The molecule has 0 aliphatic carbocycles.